The first-order valence-electron chi connectivity index (χ1n) is 8.72. The van der Waals surface area contributed by atoms with Crippen LogP contribution < -0.4 is 16.4 Å². The third kappa shape index (κ3) is 6.33. The number of unbranched alkanes of at least 4 members (excludes halogenated alkanes) is 3. The van der Waals surface area contributed by atoms with E-state index in [-0.39, 0.29) is 12.3 Å². The van der Waals surface area contributed by atoms with Crippen molar-refractivity contribution in [2.75, 3.05) is 13.2 Å². The fourth-order valence-electron chi connectivity index (χ4n) is 2.69. The summed E-state index contributed by atoms with van der Waals surface area (Å²) in [5.41, 5.74) is 5.30. The molecule has 0 aromatic carbocycles. The van der Waals surface area contributed by atoms with Crippen LogP contribution in [0.5, 0.6) is 0 Å². The summed E-state index contributed by atoms with van der Waals surface area (Å²) in [6.45, 7) is 1.90. The predicted molar refractivity (Wildman–Crippen MR) is 90.2 cm³/mol. The first kappa shape index (κ1) is 20.9. The van der Waals surface area contributed by atoms with Crippen LogP contribution in [0.25, 0.3) is 0 Å². The molecule has 0 saturated carbocycles. The van der Waals surface area contributed by atoms with E-state index in [1.54, 1.807) is 0 Å². The van der Waals surface area contributed by atoms with Gasteiger partial charge in [0, 0.05) is 13.0 Å². The molecule has 5 amide bonds. The summed E-state index contributed by atoms with van der Waals surface area (Å²) in [5.74, 6) is -1.52. The van der Waals surface area contributed by atoms with Gasteiger partial charge in [-0.25, -0.2) is 9.69 Å². The molecule has 142 valence electrons. The number of hydrogen-bond acceptors (Lipinski definition) is 5. The Hall–Kier alpha value is -2.16. The second-order valence-corrected chi connectivity index (χ2v) is 6.11. The predicted octanol–water partition coefficient (Wildman–Crippen LogP) is -0.380. The van der Waals surface area contributed by atoms with E-state index in [2.05, 4.69) is 17.6 Å². The van der Waals surface area contributed by atoms with Gasteiger partial charge in [0.1, 0.15) is 12.1 Å². The fraction of sp³-hybridized carbons (Fsp3) is 0.750. The molecule has 1 fully saturated rings. The molecular weight excluding hydrogens is 328 g/mol. The van der Waals surface area contributed by atoms with Gasteiger partial charge in [-0.05, 0) is 19.3 Å². The quantitative estimate of drug-likeness (QED) is 0.278. The maximum Gasteiger partial charge on any atom is 0.325 e. The lowest BCUT2D eigenvalue weighted by Gasteiger charge is -2.22. The molecule has 1 aliphatic heterocycles. The Kier molecular flexibility index (Phi) is 8.90. The number of urea groups is 1. The minimum Gasteiger partial charge on any atom is -0.394 e. The molecule has 0 aromatic heterocycles. The molecule has 25 heavy (non-hydrogen) atoms. The maximum absolute atomic E-state index is 12.0. The van der Waals surface area contributed by atoms with Crippen LogP contribution in [0.4, 0.5) is 4.79 Å². The molecule has 9 nitrogen and oxygen atoms in total. The molecule has 1 rings (SSSR count). The number of carbonyl (C=O) groups excluding carboxylic acids is 4. The Morgan fingerprint density at radius 1 is 1.28 bits per heavy atom. The van der Waals surface area contributed by atoms with Crippen molar-refractivity contribution in [3.63, 3.8) is 0 Å². The highest BCUT2D eigenvalue weighted by molar-refractivity contribution is 6.07. The van der Waals surface area contributed by atoms with Gasteiger partial charge in [0.25, 0.3) is 5.91 Å². The molecule has 0 spiro atoms. The number of imide groups is 1. The van der Waals surface area contributed by atoms with Crippen molar-refractivity contribution in [1.29, 1.82) is 0 Å². The molecule has 2 atom stereocenters. The van der Waals surface area contributed by atoms with Crippen LogP contribution in [0.1, 0.15) is 51.9 Å². The highest BCUT2D eigenvalue weighted by Crippen LogP contribution is 2.14. The zero-order valence-corrected chi connectivity index (χ0v) is 14.6. The van der Waals surface area contributed by atoms with Crippen LogP contribution in [0.15, 0.2) is 0 Å². The average molecular weight is 356 g/mol. The highest BCUT2D eigenvalue weighted by atomic mass is 16.3. The van der Waals surface area contributed by atoms with E-state index in [0.29, 0.717) is 19.4 Å². The lowest BCUT2D eigenvalue weighted by molar-refractivity contribution is -0.135. The Bertz CT molecular complexity index is 497. The number of rotatable bonds is 12. The molecule has 0 bridgehead atoms. The third-order valence-electron chi connectivity index (χ3n) is 4.11. The zero-order valence-electron chi connectivity index (χ0n) is 14.6. The van der Waals surface area contributed by atoms with Crippen molar-refractivity contribution in [3.8, 4) is 0 Å². The number of hydrogen-bond donors (Lipinski definition) is 4. The molecule has 0 radical (unpaired) electrons. The SMILES string of the molecule is CCCCCCC(=O)NCCCC(C(N)=O)N1C(=O)NC(CO)C1=O. The molecule has 0 aromatic rings. The topological polar surface area (TPSA) is 142 Å². The lowest BCUT2D eigenvalue weighted by atomic mass is 10.1. The number of nitrogens with two attached hydrogens (primary N) is 1. The minimum atomic E-state index is -1.09. The van der Waals surface area contributed by atoms with Crippen molar-refractivity contribution in [1.82, 2.24) is 15.5 Å². The monoisotopic (exact) mass is 356 g/mol. The standard InChI is InChI=1S/C16H28N4O5/c1-2-3-4-5-8-13(22)18-9-6-7-12(14(17)23)20-15(24)11(10-21)19-16(20)25/h11-12,21H,2-10H2,1H3,(H2,17,23)(H,18,22)(H,19,25). The van der Waals surface area contributed by atoms with Gasteiger partial charge in [0.15, 0.2) is 0 Å². The van der Waals surface area contributed by atoms with Gasteiger partial charge in [-0.2, -0.15) is 0 Å². The fourth-order valence-corrected chi connectivity index (χ4v) is 2.69. The Labute approximate surface area is 147 Å². The second-order valence-electron chi connectivity index (χ2n) is 6.11. The van der Waals surface area contributed by atoms with Gasteiger partial charge >= 0.3 is 6.03 Å². The third-order valence-corrected chi connectivity index (χ3v) is 4.11. The van der Waals surface area contributed by atoms with Crippen molar-refractivity contribution in [3.05, 3.63) is 0 Å². The summed E-state index contributed by atoms with van der Waals surface area (Å²) in [6, 6.07) is -2.88. The van der Waals surface area contributed by atoms with Crippen LogP contribution in [-0.4, -0.2) is 59.0 Å². The van der Waals surface area contributed by atoms with Crippen LogP contribution in [0, 0.1) is 0 Å². The normalized spacial score (nSPS) is 18.2. The number of nitrogens with one attached hydrogen (secondary N) is 2. The van der Waals surface area contributed by atoms with Crippen molar-refractivity contribution in [2.45, 2.75) is 64.0 Å². The van der Waals surface area contributed by atoms with E-state index in [0.717, 1.165) is 30.6 Å². The maximum atomic E-state index is 12.0. The lowest BCUT2D eigenvalue weighted by Crippen LogP contribution is -2.49. The van der Waals surface area contributed by atoms with E-state index in [9.17, 15) is 19.2 Å². The Balaban J connectivity index is 2.39. The summed E-state index contributed by atoms with van der Waals surface area (Å²) in [5, 5.41) is 14.1. The van der Waals surface area contributed by atoms with E-state index < -0.39 is 36.5 Å². The minimum absolute atomic E-state index is 0.0536. The van der Waals surface area contributed by atoms with Gasteiger partial charge in [-0.3, -0.25) is 14.4 Å². The van der Waals surface area contributed by atoms with Crippen molar-refractivity contribution in [2.24, 2.45) is 5.73 Å². The molecule has 1 aliphatic rings. The summed E-state index contributed by atoms with van der Waals surface area (Å²) in [7, 11) is 0. The van der Waals surface area contributed by atoms with Gasteiger partial charge < -0.3 is 21.5 Å². The molecule has 0 aliphatic carbocycles. The van der Waals surface area contributed by atoms with Gasteiger partial charge in [-0.15, -0.1) is 0 Å². The first-order valence-corrected chi connectivity index (χ1v) is 8.72. The number of nitrogens with zero attached hydrogens (tertiary/aromatic N) is 1. The first-order chi connectivity index (χ1) is 11.9. The number of primary amides is 1. The Morgan fingerprint density at radius 3 is 2.56 bits per heavy atom. The Morgan fingerprint density at radius 2 is 2.00 bits per heavy atom. The van der Waals surface area contributed by atoms with E-state index in [4.69, 9.17) is 10.8 Å². The van der Waals surface area contributed by atoms with Crippen LogP contribution in [-0.2, 0) is 14.4 Å². The van der Waals surface area contributed by atoms with Gasteiger partial charge in [0.05, 0.1) is 6.61 Å². The van der Waals surface area contributed by atoms with Crippen LogP contribution in [0.3, 0.4) is 0 Å². The van der Waals surface area contributed by atoms with E-state index in [1.165, 1.54) is 0 Å². The van der Waals surface area contributed by atoms with Crippen molar-refractivity contribution >= 4 is 23.8 Å². The van der Waals surface area contributed by atoms with Crippen molar-refractivity contribution < 1.29 is 24.3 Å². The molecule has 1 saturated heterocycles. The smallest absolute Gasteiger partial charge is 0.325 e. The summed E-state index contributed by atoms with van der Waals surface area (Å²) < 4.78 is 0. The second kappa shape index (κ2) is 10.7. The zero-order chi connectivity index (χ0) is 18.8. The summed E-state index contributed by atoms with van der Waals surface area (Å²) in [6.07, 6.45) is 5.09. The molecule has 1 heterocycles. The number of aliphatic hydroxyl groups is 1. The van der Waals surface area contributed by atoms with Gasteiger partial charge in [-0.1, -0.05) is 26.2 Å². The number of aliphatic hydroxyl groups excluding tert-OH is 1. The van der Waals surface area contributed by atoms with E-state index in [1.807, 2.05) is 0 Å². The number of amides is 5. The molecule has 5 N–H and O–H groups in total. The molecule has 2 unspecified atom stereocenters. The van der Waals surface area contributed by atoms with E-state index >= 15 is 0 Å². The van der Waals surface area contributed by atoms with Gasteiger partial charge in [0.2, 0.25) is 11.8 Å². The summed E-state index contributed by atoms with van der Waals surface area (Å²) >= 11 is 0. The average Bonchev–Trinajstić information content (AvgIpc) is 2.85. The highest BCUT2D eigenvalue weighted by Gasteiger charge is 2.43. The van der Waals surface area contributed by atoms with Crippen LogP contribution in [0.2, 0.25) is 0 Å². The molecule has 9 heteroatoms. The number of carbonyl (C=O) groups is 4. The largest absolute Gasteiger partial charge is 0.394 e. The summed E-state index contributed by atoms with van der Waals surface area (Å²) in [4.78, 5) is 47.9. The molecular formula is C16H28N4O5. The van der Waals surface area contributed by atoms with Crippen LogP contribution >= 0.6 is 0 Å².